The first-order chi connectivity index (χ1) is 14.0. The summed E-state index contributed by atoms with van der Waals surface area (Å²) in [5, 5.41) is 2.98. The number of nitrogens with zero attached hydrogens (tertiary/aromatic N) is 1. The van der Waals surface area contributed by atoms with Crippen molar-refractivity contribution in [2.45, 2.75) is 0 Å². The Morgan fingerprint density at radius 1 is 0.862 bits per heavy atom. The highest BCUT2D eigenvalue weighted by atomic mass is 35.5. The van der Waals surface area contributed by atoms with E-state index in [1.54, 1.807) is 24.3 Å². The van der Waals surface area contributed by atoms with Gasteiger partial charge in [-0.15, -0.1) is 0 Å². The molecule has 29 heavy (non-hydrogen) atoms. The van der Waals surface area contributed by atoms with E-state index in [1.165, 1.54) is 53.4 Å². The van der Waals surface area contributed by atoms with Gasteiger partial charge in [-0.05, 0) is 60.7 Å². The summed E-state index contributed by atoms with van der Waals surface area (Å²) in [6, 6.07) is 17.2. The molecule has 0 fully saturated rings. The van der Waals surface area contributed by atoms with Gasteiger partial charge in [-0.25, -0.2) is 8.78 Å². The second-order valence-electron chi connectivity index (χ2n) is 6.18. The van der Waals surface area contributed by atoms with Crippen LogP contribution in [-0.2, 0) is 0 Å². The van der Waals surface area contributed by atoms with Gasteiger partial charge in [0, 0.05) is 24.3 Å². The number of benzene rings is 3. The van der Waals surface area contributed by atoms with Crippen LogP contribution in [0.3, 0.4) is 0 Å². The van der Waals surface area contributed by atoms with Crippen LogP contribution in [0.1, 0.15) is 20.7 Å². The molecule has 3 aromatic rings. The van der Waals surface area contributed by atoms with E-state index in [2.05, 4.69) is 5.32 Å². The fourth-order valence-corrected chi connectivity index (χ4v) is 2.95. The Morgan fingerprint density at radius 3 is 2.07 bits per heavy atom. The molecule has 0 unspecified atom stereocenters. The van der Waals surface area contributed by atoms with E-state index in [0.29, 0.717) is 21.8 Å². The highest BCUT2D eigenvalue weighted by Gasteiger charge is 2.20. The minimum Gasteiger partial charge on any atom is -0.350 e. The SMILES string of the molecule is O=C(NCCN(C(=O)c1ccccc1Cl)c1ccc(F)cc1)c1ccc(F)cc1. The topological polar surface area (TPSA) is 49.4 Å². The van der Waals surface area contributed by atoms with Crippen molar-refractivity contribution in [2.75, 3.05) is 18.0 Å². The lowest BCUT2D eigenvalue weighted by Crippen LogP contribution is -2.39. The van der Waals surface area contributed by atoms with Crippen molar-refractivity contribution in [1.82, 2.24) is 5.32 Å². The van der Waals surface area contributed by atoms with Gasteiger partial charge in [0.15, 0.2) is 0 Å². The van der Waals surface area contributed by atoms with E-state index in [-0.39, 0.29) is 19.0 Å². The number of rotatable bonds is 6. The molecule has 0 aromatic heterocycles. The van der Waals surface area contributed by atoms with Gasteiger partial charge in [-0.1, -0.05) is 23.7 Å². The summed E-state index contributed by atoms with van der Waals surface area (Å²) >= 11 is 6.15. The van der Waals surface area contributed by atoms with Crippen LogP contribution in [0.25, 0.3) is 0 Å². The van der Waals surface area contributed by atoms with Gasteiger partial charge in [0.25, 0.3) is 11.8 Å². The maximum absolute atomic E-state index is 13.3. The summed E-state index contributed by atoms with van der Waals surface area (Å²) in [6.07, 6.45) is 0. The second kappa shape index (κ2) is 9.30. The maximum atomic E-state index is 13.3. The molecule has 0 bridgehead atoms. The largest absolute Gasteiger partial charge is 0.350 e. The number of anilines is 1. The number of hydrogen-bond donors (Lipinski definition) is 1. The first-order valence-corrected chi connectivity index (χ1v) is 9.19. The van der Waals surface area contributed by atoms with Crippen molar-refractivity contribution in [3.8, 4) is 0 Å². The lowest BCUT2D eigenvalue weighted by molar-refractivity contribution is 0.0943. The second-order valence-corrected chi connectivity index (χ2v) is 6.58. The number of amides is 2. The van der Waals surface area contributed by atoms with Gasteiger partial charge in [0.05, 0.1) is 10.6 Å². The molecular formula is C22H17ClF2N2O2. The molecule has 148 valence electrons. The summed E-state index contributed by atoms with van der Waals surface area (Å²) in [5.41, 5.74) is 1.06. The molecule has 3 aromatic carbocycles. The molecular weight excluding hydrogens is 398 g/mol. The van der Waals surface area contributed by atoms with Crippen molar-refractivity contribution >= 4 is 29.1 Å². The van der Waals surface area contributed by atoms with E-state index in [1.807, 2.05) is 0 Å². The first kappa shape index (κ1) is 20.5. The molecule has 0 heterocycles. The minimum absolute atomic E-state index is 0.128. The quantitative estimate of drug-likeness (QED) is 0.636. The van der Waals surface area contributed by atoms with Crippen molar-refractivity contribution < 1.29 is 18.4 Å². The van der Waals surface area contributed by atoms with Crippen molar-refractivity contribution in [1.29, 1.82) is 0 Å². The fraction of sp³-hybridized carbons (Fsp3) is 0.0909. The molecule has 7 heteroatoms. The van der Waals surface area contributed by atoms with Gasteiger partial charge < -0.3 is 10.2 Å². The monoisotopic (exact) mass is 414 g/mol. The Labute approximate surface area is 171 Å². The van der Waals surface area contributed by atoms with Gasteiger partial charge in [-0.3, -0.25) is 9.59 Å². The van der Waals surface area contributed by atoms with Crippen LogP contribution in [0.2, 0.25) is 5.02 Å². The number of hydrogen-bond acceptors (Lipinski definition) is 2. The molecule has 0 aliphatic carbocycles. The molecule has 0 saturated carbocycles. The molecule has 0 spiro atoms. The molecule has 0 aliphatic heterocycles. The van der Waals surface area contributed by atoms with Crippen LogP contribution in [0.5, 0.6) is 0 Å². The van der Waals surface area contributed by atoms with Crippen LogP contribution in [0.4, 0.5) is 14.5 Å². The fourth-order valence-electron chi connectivity index (χ4n) is 2.73. The van der Waals surface area contributed by atoms with Gasteiger partial charge >= 0.3 is 0 Å². The highest BCUT2D eigenvalue weighted by molar-refractivity contribution is 6.34. The van der Waals surface area contributed by atoms with E-state index >= 15 is 0 Å². The van der Waals surface area contributed by atoms with E-state index in [4.69, 9.17) is 11.6 Å². The lowest BCUT2D eigenvalue weighted by Gasteiger charge is -2.23. The average Bonchev–Trinajstić information content (AvgIpc) is 2.72. The third-order valence-electron chi connectivity index (χ3n) is 4.22. The van der Waals surface area contributed by atoms with Gasteiger partial charge in [-0.2, -0.15) is 0 Å². The Bertz CT molecular complexity index is 1010. The average molecular weight is 415 g/mol. The molecule has 0 radical (unpaired) electrons. The lowest BCUT2D eigenvalue weighted by atomic mass is 10.1. The Morgan fingerprint density at radius 2 is 1.45 bits per heavy atom. The predicted molar refractivity (Wildman–Crippen MR) is 108 cm³/mol. The van der Waals surface area contributed by atoms with Gasteiger partial charge in [0.1, 0.15) is 11.6 Å². The van der Waals surface area contributed by atoms with Crippen molar-refractivity contribution in [3.63, 3.8) is 0 Å². The minimum atomic E-state index is -0.436. The standard InChI is InChI=1S/C22H17ClF2N2O2/c23-20-4-2-1-3-19(20)22(29)27(18-11-9-17(25)10-12-18)14-13-26-21(28)15-5-7-16(24)8-6-15/h1-12H,13-14H2,(H,26,28). The van der Waals surface area contributed by atoms with Crippen molar-refractivity contribution in [2.24, 2.45) is 0 Å². The Hall–Kier alpha value is -3.25. The summed E-state index contributed by atoms with van der Waals surface area (Å²) in [6.45, 7) is 0.256. The summed E-state index contributed by atoms with van der Waals surface area (Å²) < 4.78 is 26.3. The predicted octanol–water partition coefficient (Wildman–Crippen LogP) is 4.70. The van der Waals surface area contributed by atoms with E-state index in [9.17, 15) is 18.4 Å². The number of carbonyl (C=O) groups is 2. The maximum Gasteiger partial charge on any atom is 0.259 e. The smallest absolute Gasteiger partial charge is 0.259 e. The highest BCUT2D eigenvalue weighted by Crippen LogP contribution is 2.22. The third-order valence-corrected chi connectivity index (χ3v) is 4.54. The Balaban J connectivity index is 1.76. The molecule has 0 atom stereocenters. The zero-order valence-corrected chi connectivity index (χ0v) is 16.0. The number of nitrogens with one attached hydrogen (secondary N) is 1. The summed E-state index contributed by atoms with van der Waals surface area (Å²) in [7, 11) is 0. The molecule has 4 nitrogen and oxygen atoms in total. The summed E-state index contributed by atoms with van der Waals surface area (Å²) in [5.74, 6) is -1.63. The van der Waals surface area contributed by atoms with Crippen LogP contribution < -0.4 is 10.2 Å². The molecule has 2 amide bonds. The van der Waals surface area contributed by atoms with Crippen LogP contribution in [-0.4, -0.2) is 24.9 Å². The van der Waals surface area contributed by atoms with E-state index < -0.39 is 17.5 Å². The molecule has 0 saturated heterocycles. The summed E-state index contributed by atoms with van der Waals surface area (Å²) in [4.78, 5) is 26.6. The van der Waals surface area contributed by atoms with E-state index in [0.717, 1.165) is 0 Å². The molecule has 0 aliphatic rings. The zero-order chi connectivity index (χ0) is 20.8. The van der Waals surface area contributed by atoms with Crippen LogP contribution >= 0.6 is 11.6 Å². The van der Waals surface area contributed by atoms with Crippen molar-refractivity contribution in [3.05, 3.63) is 101 Å². The van der Waals surface area contributed by atoms with Crippen LogP contribution in [0, 0.1) is 11.6 Å². The number of halogens is 3. The zero-order valence-electron chi connectivity index (χ0n) is 15.2. The Kier molecular flexibility index (Phi) is 6.57. The normalized spacial score (nSPS) is 10.4. The first-order valence-electron chi connectivity index (χ1n) is 8.81. The number of carbonyl (C=O) groups excluding carboxylic acids is 2. The van der Waals surface area contributed by atoms with Gasteiger partial charge in [0.2, 0.25) is 0 Å². The molecule has 1 N–H and O–H groups in total. The third kappa shape index (κ3) is 5.18. The molecule has 3 rings (SSSR count). The van der Waals surface area contributed by atoms with Crippen LogP contribution in [0.15, 0.2) is 72.8 Å².